The summed E-state index contributed by atoms with van der Waals surface area (Å²) < 4.78 is 1.84. The number of H-pyrrole nitrogens is 1. The maximum atomic E-state index is 5.57. The van der Waals surface area contributed by atoms with Crippen LogP contribution in [0.1, 0.15) is 5.56 Å². The largest absolute Gasteiger partial charge is 0.382 e. The molecule has 0 aliphatic rings. The second-order valence-electron chi connectivity index (χ2n) is 4.41. The molecule has 0 saturated heterocycles. The molecule has 0 spiro atoms. The van der Waals surface area contributed by atoms with Crippen molar-refractivity contribution >= 4 is 28.6 Å². The van der Waals surface area contributed by atoms with Gasteiger partial charge in [0, 0.05) is 11.9 Å². The molecule has 1 aromatic carbocycles. The molecular weight excluding hydrogens is 258 g/mol. The van der Waals surface area contributed by atoms with Crippen molar-refractivity contribution in [2.75, 3.05) is 11.5 Å². The van der Waals surface area contributed by atoms with Crippen LogP contribution in [0.5, 0.6) is 0 Å². The van der Waals surface area contributed by atoms with Crippen LogP contribution in [0, 0.1) is 6.92 Å². The van der Waals surface area contributed by atoms with Crippen molar-refractivity contribution in [3.63, 3.8) is 0 Å². The Morgan fingerprint density at radius 3 is 3.05 bits per heavy atom. The molecule has 3 rings (SSSR count). The highest BCUT2D eigenvalue weighted by Crippen LogP contribution is 2.20. The van der Waals surface area contributed by atoms with Crippen molar-refractivity contribution in [3.8, 4) is 0 Å². The minimum absolute atomic E-state index is 0.559. The van der Waals surface area contributed by atoms with Gasteiger partial charge >= 0.3 is 0 Å². The number of nitrogens with one attached hydrogen (secondary N) is 1. The van der Waals surface area contributed by atoms with E-state index in [9.17, 15) is 0 Å². The van der Waals surface area contributed by atoms with Crippen LogP contribution < -0.4 is 5.73 Å². The first-order valence-electron chi connectivity index (χ1n) is 6.09. The standard InChI is InChI=1S/C13H15N5S/c1-9-2-3-10-11(8-9)16-13(15-10)19-7-6-18-5-4-12(14)17-18/h2-5,8H,6-7H2,1H3,(H2,14,17)(H,15,16). The topological polar surface area (TPSA) is 72.5 Å². The second kappa shape index (κ2) is 4.97. The van der Waals surface area contributed by atoms with E-state index in [1.165, 1.54) is 5.56 Å². The van der Waals surface area contributed by atoms with E-state index in [4.69, 9.17) is 5.73 Å². The molecule has 98 valence electrons. The fourth-order valence-corrected chi connectivity index (χ4v) is 2.72. The molecular formula is C13H15N5S. The van der Waals surface area contributed by atoms with E-state index in [-0.39, 0.29) is 0 Å². The average molecular weight is 273 g/mol. The number of aryl methyl sites for hydroxylation is 2. The minimum atomic E-state index is 0.559. The molecule has 2 heterocycles. The van der Waals surface area contributed by atoms with E-state index in [0.717, 1.165) is 28.5 Å². The number of anilines is 1. The summed E-state index contributed by atoms with van der Waals surface area (Å²) >= 11 is 1.69. The molecule has 3 aromatic rings. The molecule has 0 aliphatic heterocycles. The molecule has 0 saturated carbocycles. The number of nitrogen functional groups attached to an aromatic ring is 1. The molecule has 0 fully saturated rings. The maximum Gasteiger partial charge on any atom is 0.166 e. The van der Waals surface area contributed by atoms with E-state index in [1.807, 2.05) is 16.9 Å². The minimum Gasteiger partial charge on any atom is -0.382 e. The van der Waals surface area contributed by atoms with Crippen molar-refractivity contribution < 1.29 is 0 Å². The lowest BCUT2D eigenvalue weighted by molar-refractivity contribution is 0.669. The Morgan fingerprint density at radius 1 is 1.37 bits per heavy atom. The van der Waals surface area contributed by atoms with Crippen LogP contribution in [0.4, 0.5) is 5.82 Å². The Hall–Kier alpha value is -1.95. The van der Waals surface area contributed by atoms with Crippen LogP contribution in [-0.4, -0.2) is 25.5 Å². The fourth-order valence-electron chi connectivity index (χ4n) is 1.91. The third kappa shape index (κ3) is 2.73. The van der Waals surface area contributed by atoms with Gasteiger partial charge in [0.25, 0.3) is 0 Å². The van der Waals surface area contributed by atoms with Crippen LogP contribution in [0.3, 0.4) is 0 Å². The third-order valence-electron chi connectivity index (χ3n) is 2.84. The first-order chi connectivity index (χ1) is 9.20. The molecule has 2 aromatic heterocycles. The average Bonchev–Trinajstić information content (AvgIpc) is 2.95. The van der Waals surface area contributed by atoms with Crippen LogP contribution in [0.15, 0.2) is 35.6 Å². The number of benzene rings is 1. The van der Waals surface area contributed by atoms with Gasteiger partial charge in [-0.05, 0) is 30.7 Å². The van der Waals surface area contributed by atoms with Crippen molar-refractivity contribution in [2.24, 2.45) is 0 Å². The van der Waals surface area contributed by atoms with Gasteiger partial charge in [-0.2, -0.15) is 5.10 Å². The van der Waals surface area contributed by atoms with E-state index in [1.54, 1.807) is 17.8 Å². The lowest BCUT2D eigenvalue weighted by Crippen LogP contribution is -2.01. The van der Waals surface area contributed by atoms with Gasteiger partial charge in [-0.15, -0.1) is 0 Å². The quantitative estimate of drug-likeness (QED) is 0.716. The summed E-state index contributed by atoms with van der Waals surface area (Å²) in [7, 11) is 0. The number of nitrogens with zero attached hydrogens (tertiary/aromatic N) is 3. The summed E-state index contributed by atoms with van der Waals surface area (Å²) in [5.74, 6) is 1.46. The lowest BCUT2D eigenvalue weighted by atomic mass is 10.2. The summed E-state index contributed by atoms with van der Waals surface area (Å²) in [6, 6.07) is 8.03. The highest BCUT2D eigenvalue weighted by molar-refractivity contribution is 7.99. The van der Waals surface area contributed by atoms with Crippen molar-refractivity contribution in [2.45, 2.75) is 18.6 Å². The molecule has 6 heteroatoms. The summed E-state index contributed by atoms with van der Waals surface area (Å²) in [6.07, 6.45) is 1.89. The number of nitrogens with two attached hydrogens (primary N) is 1. The molecule has 5 nitrogen and oxygen atoms in total. The van der Waals surface area contributed by atoms with Gasteiger partial charge in [0.15, 0.2) is 5.16 Å². The predicted molar refractivity (Wildman–Crippen MR) is 78.2 cm³/mol. The molecule has 19 heavy (non-hydrogen) atoms. The number of hydrogen-bond donors (Lipinski definition) is 2. The lowest BCUT2D eigenvalue weighted by Gasteiger charge is -1.98. The molecule has 0 atom stereocenters. The van der Waals surface area contributed by atoms with Gasteiger partial charge in [0.1, 0.15) is 5.82 Å². The molecule has 0 bridgehead atoms. The molecule has 0 unspecified atom stereocenters. The zero-order valence-electron chi connectivity index (χ0n) is 10.6. The summed E-state index contributed by atoms with van der Waals surface area (Å²) in [5.41, 5.74) is 8.90. The van der Waals surface area contributed by atoms with Gasteiger partial charge in [-0.1, -0.05) is 17.8 Å². The second-order valence-corrected chi connectivity index (χ2v) is 5.50. The number of aromatic nitrogens is 4. The fraction of sp³-hybridized carbons (Fsp3) is 0.231. The van der Waals surface area contributed by atoms with E-state index >= 15 is 0 Å². The number of hydrogen-bond acceptors (Lipinski definition) is 4. The SMILES string of the molecule is Cc1ccc2nc(SCCn3ccc(N)n3)[nH]c2c1. The van der Waals surface area contributed by atoms with Gasteiger partial charge in [-0.3, -0.25) is 4.68 Å². The molecule has 0 aliphatic carbocycles. The number of aromatic amines is 1. The van der Waals surface area contributed by atoms with Gasteiger partial charge in [0.05, 0.1) is 17.6 Å². The van der Waals surface area contributed by atoms with Crippen LogP contribution in [-0.2, 0) is 6.54 Å². The van der Waals surface area contributed by atoms with Gasteiger partial charge < -0.3 is 10.7 Å². The monoisotopic (exact) mass is 273 g/mol. The van der Waals surface area contributed by atoms with Crippen molar-refractivity contribution in [1.29, 1.82) is 0 Å². The van der Waals surface area contributed by atoms with Crippen molar-refractivity contribution in [3.05, 3.63) is 36.0 Å². The summed E-state index contributed by atoms with van der Waals surface area (Å²) in [5, 5.41) is 5.09. The van der Waals surface area contributed by atoms with E-state index < -0.39 is 0 Å². The Morgan fingerprint density at radius 2 is 2.26 bits per heavy atom. The maximum absolute atomic E-state index is 5.57. The Balaban J connectivity index is 1.65. The number of thioether (sulfide) groups is 1. The normalized spacial score (nSPS) is 11.2. The van der Waals surface area contributed by atoms with Crippen molar-refractivity contribution in [1.82, 2.24) is 19.7 Å². The zero-order chi connectivity index (χ0) is 13.2. The Labute approximate surface area is 115 Å². The van der Waals surface area contributed by atoms with Crippen LogP contribution in [0.2, 0.25) is 0 Å². The predicted octanol–water partition coefficient (Wildman–Crippen LogP) is 2.44. The van der Waals surface area contributed by atoms with E-state index in [2.05, 4.69) is 34.1 Å². The first kappa shape index (κ1) is 12.1. The Kier molecular flexibility index (Phi) is 3.16. The van der Waals surface area contributed by atoms with Gasteiger partial charge in [0.2, 0.25) is 0 Å². The smallest absolute Gasteiger partial charge is 0.166 e. The van der Waals surface area contributed by atoms with Crippen LogP contribution >= 0.6 is 11.8 Å². The molecule has 3 N–H and O–H groups in total. The zero-order valence-corrected chi connectivity index (χ0v) is 11.4. The highest BCUT2D eigenvalue weighted by atomic mass is 32.2. The summed E-state index contributed by atoms with van der Waals surface area (Å²) in [4.78, 5) is 7.87. The highest BCUT2D eigenvalue weighted by Gasteiger charge is 2.03. The number of rotatable bonds is 4. The molecule has 0 amide bonds. The molecule has 0 radical (unpaired) electrons. The number of fused-ring (bicyclic) bond motifs is 1. The van der Waals surface area contributed by atoms with Crippen LogP contribution in [0.25, 0.3) is 11.0 Å². The first-order valence-corrected chi connectivity index (χ1v) is 7.07. The Bertz CT molecular complexity index is 700. The third-order valence-corrected chi connectivity index (χ3v) is 3.69. The van der Waals surface area contributed by atoms with E-state index in [0.29, 0.717) is 5.82 Å². The van der Waals surface area contributed by atoms with Gasteiger partial charge in [-0.25, -0.2) is 4.98 Å². The summed E-state index contributed by atoms with van der Waals surface area (Å²) in [6.45, 7) is 2.90. The number of imidazole rings is 1.